The van der Waals surface area contributed by atoms with Gasteiger partial charge in [0.15, 0.2) is 11.5 Å². The Labute approximate surface area is 171 Å². The summed E-state index contributed by atoms with van der Waals surface area (Å²) in [7, 11) is -0.429. The van der Waals surface area contributed by atoms with E-state index in [2.05, 4.69) is 5.32 Å². The number of hydrogen-bond donors (Lipinski definition) is 2. The van der Waals surface area contributed by atoms with Gasteiger partial charge in [-0.05, 0) is 56.8 Å². The molecular weight excluding hydrogens is 394 g/mol. The fraction of sp³-hybridized carbons (Fsp3) is 0.350. The molecule has 0 aliphatic carbocycles. The van der Waals surface area contributed by atoms with Crippen LogP contribution in [0.2, 0.25) is 0 Å². The van der Waals surface area contributed by atoms with Crippen LogP contribution in [0, 0.1) is 0 Å². The van der Waals surface area contributed by atoms with E-state index < -0.39 is 16.1 Å². The number of hydrogen-bond acceptors (Lipinski definition) is 6. The van der Waals surface area contributed by atoms with Crippen LogP contribution in [0.5, 0.6) is 11.5 Å². The minimum absolute atomic E-state index is 0.0576. The highest BCUT2D eigenvalue weighted by atomic mass is 32.2. The second-order valence-electron chi connectivity index (χ2n) is 6.57. The van der Waals surface area contributed by atoms with Crippen LogP contribution in [0.1, 0.15) is 19.4 Å². The number of anilines is 1. The summed E-state index contributed by atoms with van der Waals surface area (Å²) in [4.78, 5) is 14.4. The van der Waals surface area contributed by atoms with Crippen molar-refractivity contribution in [2.45, 2.75) is 31.3 Å². The van der Waals surface area contributed by atoms with Gasteiger partial charge in [-0.15, -0.1) is 0 Å². The number of likely N-dealkylation sites (N-methyl/N-ethyl adjacent to an activating group) is 1. The molecule has 0 aliphatic heterocycles. The first-order chi connectivity index (χ1) is 13.7. The number of ether oxygens (including phenoxy) is 2. The van der Waals surface area contributed by atoms with Crippen molar-refractivity contribution in [1.82, 2.24) is 4.90 Å². The minimum atomic E-state index is -3.84. The van der Waals surface area contributed by atoms with Crippen molar-refractivity contribution in [2.75, 3.05) is 26.1 Å². The van der Waals surface area contributed by atoms with Gasteiger partial charge in [0.25, 0.3) is 0 Å². The summed E-state index contributed by atoms with van der Waals surface area (Å²) >= 11 is 0. The van der Waals surface area contributed by atoms with E-state index >= 15 is 0 Å². The molecule has 0 saturated carbocycles. The van der Waals surface area contributed by atoms with Gasteiger partial charge < -0.3 is 14.8 Å². The van der Waals surface area contributed by atoms with E-state index in [1.807, 2.05) is 37.1 Å². The zero-order valence-corrected chi connectivity index (χ0v) is 17.8. The lowest BCUT2D eigenvalue weighted by Crippen LogP contribution is -2.39. The number of nitrogens with two attached hydrogens (primary N) is 1. The number of methoxy groups -OCH3 is 1. The van der Waals surface area contributed by atoms with E-state index in [0.29, 0.717) is 30.3 Å². The molecule has 1 atom stereocenters. The van der Waals surface area contributed by atoms with Crippen LogP contribution in [0.25, 0.3) is 0 Å². The van der Waals surface area contributed by atoms with E-state index in [-0.39, 0.29) is 10.8 Å². The van der Waals surface area contributed by atoms with Crippen molar-refractivity contribution in [1.29, 1.82) is 0 Å². The van der Waals surface area contributed by atoms with E-state index in [1.54, 1.807) is 20.1 Å². The number of carbonyl (C=O) groups is 1. The fourth-order valence-electron chi connectivity index (χ4n) is 2.71. The molecule has 2 aromatic carbocycles. The number of amides is 1. The van der Waals surface area contributed by atoms with Gasteiger partial charge in [0.1, 0.15) is 0 Å². The minimum Gasteiger partial charge on any atom is -0.493 e. The number of carbonyl (C=O) groups excluding carboxylic acids is 1. The summed E-state index contributed by atoms with van der Waals surface area (Å²) in [5, 5.41) is 7.86. The molecular formula is C20H27N3O5S. The third-order valence-corrected chi connectivity index (χ3v) is 5.34. The maximum Gasteiger partial charge on any atom is 0.241 e. The summed E-state index contributed by atoms with van der Waals surface area (Å²) in [5.74, 6) is 1.04. The molecule has 29 heavy (non-hydrogen) atoms. The Morgan fingerprint density at radius 1 is 1.21 bits per heavy atom. The molecule has 1 amide bonds. The van der Waals surface area contributed by atoms with Crippen LogP contribution in [0.3, 0.4) is 0 Å². The third-order valence-electron chi connectivity index (χ3n) is 4.43. The molecule has 0 aromatic heterocycles. The molecule has 2 rings (SSSR count). The Kier molecular flexibility index (Phi) is 7.60. The van der Waals surface area contributed by atoms with Gasteiger partial charge in [-0.3, -0.25) is 9.69 Å². The molecule has 2 aromatic rings. The molecule has 0 heterocycles. The molecule has 0 fully saturated rings. The van der Waals surface area contributed by atoms with Crippen molar-refractivity contribution >= 4 is 21.6 Å². The SMILES string of the molecule is CCOc1ccc(CN(C)[C@H](C)C(=O)Nc2cccc(S(N)(=O)=O)c2)cc1OC. The van der Waals surface area contributed by atoms with Gasteiger partial charge in [-0.1, -0.05) is 12.1 Å². The van der Waals surface area contributed by atoms with Gasteiger partial charge in [0, 0.05) is 12.2 Å². The largest absolute Gasteiger partial charge is 0.493 e. The first kappa shape index (κ1) is 22.7. The van der Waals surface area contributed by atoms with Crippen molar-refractivity contribution in [3.63, 3.8) is 0 Å². The van der Waals surface area contributed by atoms with Gasteiger partial charge >= 0.3 is 0 Å². The quantitative estimate of drug-likeness (QED) is 0.642. The predicted molar refractivity (Wildman–Crippen MR) is 112 cm³/mol. The van der Waals surface area contributed by atoms with Gasteiger partial charge in [-0.25, -0.2) is 13.6 Å². The summed E-state index contributed by atoms with van der Waals surface area (Å²) in [6, 6.07) is 11.0. The Morgan fingerprint density at radius 2 is 1.93 bits per heavy atom. The monoisotopic (exact) mass is 421 g/mol. The normalized spacial score (nSPS) is 12.5. The van der Waals surface area contributed by atoms with Gasteiger partial charge in [-0.2, -0.15) is 0 Å². The van der Waals surface area contributed by atoms with E-state index in [1.165, 1.54) is 18.2 Å². The fourth-order valence-corrected chi connectivity index (χ4v) is 3.27. The highest BCUT2D eigenvalue weighted by Gasteiger charge is 2.19. The maximum absolute atomic E-state index is 12.6. The number of benzene rings is 2. The first-order valence-corrected chi connectivity index (χ1v) is 10.6. The lowest BCUT2D eigenvalue weighted by Gasteiger charge is -2.24. The van der Waals surface area contributed by atoms with Crippen molar-refractivity contribution in [3.8, 4) is 11.5 Å². The molecule has 3 N–H and O–H groups in total. The second-order valence-corrected chi connectivity index (χ2v) is 8.13. The van der Waals surface area contributed by atoms with Crippen LogP contribution in [-0.2, 0) is 21.4 Å². The molecule has 0 radical (unpaired) electrons. The Bertz CT molecular complexity index is 962. The molecule has 8 nitrogen and oxygen atoms in total. The van der Waals surface area contributed by atoms with Crippen LogP contribution in [-0.4, -0.2) is 46.0 Å². The summed E-state index contributed by atoms with van der Waals surface area (Å²) < 4.78 is 33.8. The Hall–Kier alpha value is -2.62. The van der Waals surface area contributed by atoms with Crippen molar-refractivity contribution in [2.24, 2.45) is 5.14 Å². The van der Waals surface area contributed by atoms with Crippen molar-refractivity contribution < 1.29 is 22.7 Å². The lowest BCUT2D eigenvalue weighted by atomic mass is 10.1. The van der Waals surface area contributed by atoms with E-state index in [4.69, 9.17) is 14.6 Å². The Morgan fingerprint density at radius 3 is 2.55 bits per heavy atom. The van der Waals surface area contributed by atoms with Gasteiger partial charge in [0.2, 0.25) is 15.9 Å². The molecule has 0 saturated heterocycles. The van der Waals surface area contributed by atoms with Crippen LogP contribution >= 0.6 is 0 Å². The van der Waals surface area contributed by atoms with Crippen LogP contribution in [0.15, 0.2) is 47.4 Å². The number of primary sulfonamides is 1. The van der Waals surface area contributed by atoms with Crippen LogP contribution in [0.4, 0.5) is 5.69 Å². The summed E-state index contributed by atoms with van der Waals surface area (Å²) in [6.07, 6.45) is 0. The van der Waals surface area contributed by atoms with Crippen LogP contribution < -0.4 is 19.9 Å². The standard InChI is InChI=1S/C20H27N3O5S/c1-5-28-18-10-9-15(11-19(18)27-4)13-23(3)14(2)20(24)22-16-7-6-8-17(12-16)29(21,25)26/h6-12,14H,5,13H2,1-4H3,(H,22,24)(H2,21,25,26)/t14-/m1/s1. The summed E-state index contributed by atoms with van der Waals surface area (Å²) in [6.45, 7) is 4.72. The molecule has 0 aliphatic rings. The van der Waals surface area contributed by atoms with Crippen molar-refractivity contribution in [3.05, 3.63) is 48.0 Å². The predicted octanol–water partition coefficient (Wildman–Crippen LogP) is 2.20. The average Bonchev–Trinajstić information content (AvgIpc) is 2.68. The summed E-state index contributed by atoms with van der Waals surface area (Å²) in [5.41, 5.74) is 1.33. The molecule has 158 valence electrons. The second kappa shape index (κ2) is 9.73. The van der Waals surface area contributed by atoms with E-state index in [9.17, 15) is 13.2 Å². The highest BCUT2D eigenvalue weighted by Crippen LogP contribution is 2.28. The number of nitrogens with zero attached hydrogens (tertiary/aromatic N) is 1. The third kappa shape index (κ3) is 6.18. The van der Waals surface area contributed by atoms with E-state index in [0.717, 1.165) is 5.56 Å². The molecule has 0 bridgehead atoms. The number of sulfonamides is 1. The highest BCUT2D eigenvalue weighted by molar-refractivity contribution is 7.89. The first-order valence-electron chi connectivity index (χ1n) is 9.09. The van der Waals surface area contributed by atoms with Gasteiger partial charge in [0.05, 0.1) is 24.7 Å². The average molecular weight is 422 g/mol. The topological polar surface area (TPSA) is 111 Å². The Balaban J connectivity index is 2.06. The smallest absolute Gasteiger partial charge is 0.241 e. The lowest BCUT2D eigenvalue weighted by molar-refractivity contribution is -0.120. The molecule has 0 spiro atoms. The number of rotatable bonds is 9. The molecule has 0 unspecified atom stereocenters. The molecule has 9 heteroatoms. The zero-order chi connectivity index (χ0) is 21.6. The zero-order valence-electron chi connectivity index (χ0n) is 17.0. The number of nitrogens with one attached hydrogen (secondary N) is 1. The maximum atomic E-state index is 12.6.